The minimum atomic E-state index is -1.08. The number of pyridine rings is 1. The highest BCUT2D eigenvalue weighted by Crippen LogP contribution is 2.28. The van der Waals surface area contributed by atoms with Gasteiger partial charge in [-0.15, -0.1) is 0 Å². The number of carbonyl (C=O) groups excluding carboxylic acids is 2. The summed E-state index contributed by atoms with van der Waals surface area (Å²) in [6.07, 6.45) is 4.53. The highest BCUT2D eigenvalue weighted by atomic mass is 16.5. The molecule has 2 atom stereocenters. The van der Waals surface area contributed by atoms with Crippen LogP contribution in [-0.4, -0.2) is 113 Å². The lowest BCUT2D eigenvalue weighted by Gasteiger charge is -2.43. The highest BCUT2D eigenvalue weighted by molar-refractivity contribution is 5.94. The Labute approximate surface area is 242 Å². The van der Waals surface area contributed by atoms with Gasteiger partial charge in [0.15, 0.2) is 0 Å². The monoisotopic (exact) mass is 569 g/mol. The number of amides is 3. The Balaban J connectivity index is 1.65. The molecule has 0 aliphatic carbocycles. The third-order valence-electron chi connectivity index (χ3n) is 7.77. The van der Waals surface area contributed by atoms with Gasteiger partial charge in [-0.2, -0.15) is 0 Å². The Morgan fingerprint density at radius 2 is 1.90 bits per heavy atom. The van der Waals surface area contributed by atoms with Crippen LogP contribution in [0.1, 0.15) is 43.6 Å². The van der Waals surface area contributed by atoms with E-state index in [1.165, 1.54) is 4.90 Å². The average Bonchev–Trinajstić information content (AvgIpc) is 3.41. The van der Waals surface area contributed by atoms with Gasteiger partial charge in [-0.05, 0) is 49.4 Å². The summed E-state index contributed by atoms with van der Waals surface area (Å²) in [5.74, 6) is -0.593. The first-order valence-corrected chi connectivity index (χ1v) is 14.5. The Morgan fingerprint density at radius 3 is 2.56 bits per heavy atom. The van der Waals surface area contributed by atoms with Gasteiger partial charge in [0, 0.05) is 70.9 Å². The summed E-state index contributed by atoms with van der Waals surface area (Å²) in [6, 6.07) is 7.22. The molecular formula is C30H43N5O6. The molecule has 0 radical (unpaired) electrons. The number of methoxy groups -OCH3 is 1. The van der Waals surface area contributed by atoms with Gasteiger partial charge < -0.3 is 33.8 Å². The minimum Gasteiger partial charge on any atom is -0.465 e. The van der Waals surface area contributed by atoms with Crippen molar-refractivity contribution in [1.82, 2.24) is 24.3 Å². The second-order valence-electron chi connectivity index (χ2n) is 11.3. The van der Waals surface area contributed by atoms with Gasteiger partial charge in [-0.25, -0.2) is 4.79 Å². The molecule has 0 bridgehead atoms. The van der Waals surface area contributed by atoms with Gasteiger partial charge in [-0.1, -0.05) is 13.8 Å². The molecule has 1 N–H and O–H groups in total. The van der Waals surface area contributed by atoms with Crippen LogP contribution in [0.2, 0.25) is 0 Å². The lowest BCUT2D eigenvalue weighted by molar-refractivity contribution is -0.142. The number of carboxylic acid groups (broad SMARTS) is 1. The number of aromatic nitrogens is 2. The molecule has 2 aromatic heterocycles. The number of nitrogens with zero attached hydrogens (tertiary/aromatic N) is 5. The molecule has 0 unspecified atom stereocenters. The van der Waals surface area contributed by atoms with Crippen LogP contribution in [0, 0.1) is 11.8 Å². The van der Waals surface area contributed by atoms with Gasteiger partial charge >= 0.3 is 6.09 Å². The summed E-state index contributed by atoms with van der Waals surface area (Å²) in [7, 11) is 1.68. The second-order valence-corrected chi connectivity index (χ2v) is 11.3. The second kappa shape index (κ2) is 14.5. The molecule has 2 saturated heterocycles. The molecule has 11 heteroatoms. The van der Waals surface area contributed by atoms with E-state index in [0.717, 1.165) is 24.1 Å². The van der Waals surface area contributed by atoms with Crippen LogP contribution in [0.5, 0.6) is 0 Å². The number of hydrogen-bond donors (Lipinski definition) is 1. The molecule has 3 amide bonds. The van der Waals surface area contributed by atoms with E-state index >= 15 is 0 Å². The van der Waals surface area contributed by atoms with Crippen LogP contribution in [-0.2, 0) is 20.8 Å². The van der Waals surface area contributed by atoms with Crippen molar-refractivity contribution < 1.29 is 29.0 Å². The van der Waals surface area contributed by atoms with Crippen molar-refractivity contribution in [3.63, 3.8) is 0 Å². The third kappa shape index (κ3) is 7.65. The van der Waals surface area contributed by atoms with Crippen LogP contribution < -0.4 is 0 Å². The molecule has 0 spiro atoms. The lowest BCUT2D eigenvalue weighted by Crippen LogP contribution is -2.58. The molecule has 41 heavy (non-hydrogen) atoms. The molecule has 2 aliphatic rings. The van der Waals surface area contributed by atoms with E-state index in [0.29, 0.717) is 58.1 Å². The summed E-state index contributed by atoms with van der Waals surface area (Å²) >= 11 is 0. The Morgan fingerprint density at radius 1 is 1.12 bits per heavy atom. The van der Waals surface area contributed by atoms with E-state index < -0.39 is 18.1 Å². The zero-order valence-corrected chi connectivity index (χ0v) is 24.4. The van der Waals surface area contributed by atoms with E-state index in [1.807, 2.05) is 42.7 Å². The normalized spacial score (nSPS) is 19.4. The van der Waals surface area contributed by atoms with E-state index in [4.69, 9.17) is 9.47 Å². The maximum Gasteiger partial charge on any atom is 0.407 e. The van der Waals surface area contributed by atoms with Crippen molar-refractivity contribution in [2.75, 3.05) is 59.7 Å². The molecule has 11 nitrogen and oxygen atoms in total. The van der Waals surface area contributed by atoms with E-state index in [2.05, 4.69) is 4.98 Å². The zero-order valence-electron chi connectivity index (χ0n) is 24.4. The van der Waals surface area contributed by atoms with Crippen molar-refractivity contribution >= 4 is 17.9 Å². The van der Waals surface area contributed by atoms with E-state index in [-0.39, 0.29) is 30.8 Å². The summed E-state index contributed by atoms with van der Waals surface area (Å²) in [5.41, 5.74) is 2.37. The minimum absolute atomic E-state index is 0.0680. The molecule has 2 fully saturated rings. The smallest absolute Gasteiger partial charge is 0.407 e. The number of rotatable bonds is 11. The number of carbonyl (C=O) groups is 3. The first kappa shape index (κ1) is 30.5. The molecule has 0 saturated carbocycles. The average molecular weight is 570 g/mol. The predicted molar refractivity (Wildman–Crippen MR) is 154 cm³/mol. The fourth-order valence-corrected chi connectivity index (χ4v) is 5.79. The first-order valence-electron chi connectivity index (χ1n) is 14.5. The molecule has 4 rings (SSSR count). The van der Waals surface area contributed by atoms with E-state index in [9.17, 15) is 19.5 Å². The largest absolute Gasteiger partial charge is 0.465 e. The fraction of sp³-hybridized carbons (Fsp3) is 0.600. The number of likely N-dealkylation sites (tertiary alicyclic amines) is 1. The Bertz CT molecular complexity index is 1160. The van der Waals surface area contributed by atoms with Crippen LogP contribution in [0.25, 0.3) is 11.3 Å². The maximum atomic E-state index is 14.4. The van der Waals surface area contributed by atoms with Gasteiger partial charge in [0.1, 0.15) is 5.69 Å². The molecule has 2 aliphatic heterocycles. The first-order chi connectivity index (χ1) is 19.8. The quantitative estimate of drug-likeness (QED) is 0.413. The third-order valence-corrected chi connectivity index (χ3v) is 7.77. The molecule has 224 valence electrons. The topological polar surface area (TPSA) is 117 Å². The summed E-state index contributed by atoms with van der Waals surface area (Å²) in [5, 5.41) is 9.96. The van der Waals surface area contributed by atoms with Crippen molar-refractivity contribution in [3.05, 3.63) is 42.4 Å². The van der Waals surface area contributed by atoms with E-state index in [1.54, 1.807) is 29.3 Å². The van der Waals surface area contributed by atoms with Crippen molar-refractivity contribution in [3.8, 4) is 11.3 Å². The Hall–Kier alpha value is -3.44. The number of hydrogen-bond acceptors (Lipinski definition) is 6. The maximum absolute atomic E-state index is 14.4. The summed E-state index contributed by atoms with van der Waals surface area (Å²) in [4.78, 5) is 49.1. The predicted octanol–water partition coefficient (Wildman–Crippen LogP) is 3.30. The molecule has 2 aromatic rings. The van der Waals surface area contributed by atoms with Gasteiger partial charge in [0.2, 0.25) is 5.91 Å². The van der Waals surface area contributed by atoms with Crippen molar-refractivity contribution in [2.45, 2.75) is 45.7 Å². The number of ether oxygens (including phenoxy) is 2. The Kier molecular flexibility index (Phi) is 10.8. The molecule has 0 aromatic carbocycles. The van der Waals surface area contributed by atoms with Crippen LogP contribution in [0.4, 0.5) is 4.79 Å². The number of piperidine rings is 1. The summed E-state index contributed by atoms with van der Waals surface area (Å²) in [6.45, 7) is 8.04. The van der Waals surface area contributed by atoms with Crippen LogP contribution >= 0.6 is 0 Å². The highest BCUT2D eigenvalue weighted by Gasteiger charge is 2.40. The SMILES string of the molecule is COCCCCn1c(C(=O)N(CC(C)C)[C@H]2C[C@@H](C(=O)N3CCOCC3)CN(C(=O)O)C2)ccc1-c1cccnc1. The summed E-state index contributed by atoms with van der Waals surface area (Å²) < 4.78 is 12.7. The molecule has 4 heterocycles. The lowest BCUT2D eigenvalue weighted by atomic mass is 9.91. The number of morpholine rings is 1. The number of unbranched alkanes of at least 4 members (excludes halogenated alkanes) is 1. The molecular weight excluding hydrogens is 526 g/mol. The zero-order chi connectivity index (χ0) is 29.4. The van der Waals surface area contributed by atoms with Crippen LogP contribution in [0.15, 0.2) is 36.7 Å². The van der Waals surface area contributed by atoms with Gasteiger partial charge in [-0.3, -0.25) is 14.6 Å². The van der Waals surface area contributed by atoms with Crippen molar-refractivity contribution in [2.24, 2.45) is 11.8 Å². The van der Waals surface area contributed by atoms with Gasteiger partial charge in [0.25, 0.3) is 5.91 Å². The standard InChI is InChI=1S/C30H43N5O6/c1-22(2)19-35(25-17-24(20-33(21-25)30(38)39)28(36)32-12-15-41-16-13-32)29(37)27-9-8-26(23-7-6-10-31-18-23)34(27)11-4-5-14-40-3/h6-10,18,22,24-25H,4-5,11-17,19-21H2,1-3H3,(H,38,39)/t24-,25+/m1/s1. The van der Waals surface area contributed by atoms with Gasteiger partial charge in [0.05, 0.1) is 30.9 Å². The fourth-order valence-electron chi connectivity index (χ4n) is 5.79. The van der Waals surface area contributed by atoms with Crippen molar-refractivity contribution in [1.29, 1.82) is 0 Å². The van der Waals surface area contributed by atoms with Crippen LogP contribution in [0.3, 0.4) is 0 Å².